The van der Waals surface area contributed by atoms with E-state index in [1.807, 2.05) is 0 Å². The maximum Gasteiger partial charge on any atom is 0.293 e. The van der Waals surface area contributed by atoms with Crippen molar-refractivity contribution in [2.75, 3.05) is 23.3 Å². The first-order valence-electron chi connectivity index (χ1n) is 8.42. The molecule has 0 saturated heterocycles. The van der Waals surface area contributed by atoms with Crippen LogP contribution < -0.4 is 14.4 Å². The van der Waals surface area contributed by atoms with Gasteiger partial charge in [0.15, 0.2) is 0 Å². The van der Waals surface area contributed by atoms with Crippen LogP contribution in [0.15, 0.2) is 52.9 Å². The van der Waals surface area contributed by atoms with E-state index in [0.29, 0.717) is 11.4 Å². The first kappa shape index (κ1) is 20.7. The third kappa shape index (κ3) is 4.51. The van der Waals surface area contributed by atoms with Gasteiger partial charge in [0.05, 0.1) is 12.8 Å². The Morgan fingerprint density at radius 2 is 1.79 bits per heavy atom. The number of carbonyl (C=O) groups is 1. The molecule has 0 unspecified atom stereocenters. The molecule has 2 aromatic carbocycles. The van der Waals surface area contributed by atoms with Crippen LogP contribution in [0, 0.1) is 5.82 Å². The number of rotatable bonds is 7. The molecule has 0 fully saturated rings. The topological polar surface area (TPSA) is 101 Å². The molecule has 1 heterocycles. The van der Waals surface area contributed by atoms with Crippen molar-refractivity contribution in [2.45, 2.75) is 11.3 Å². The number of sulfonamides is 1. The van der Waals surface area contributed by atoms with Gasteiger partial charge in [-0.1, -0.05) is 11.3 Å². The van der Waals surface area contributed by atoms with Crippen molar-refractivity contribution in [3.8, 4) is 5.75 Å². The standard InChI is InChI=1S/C18H17FN4O4S2/c1-3-23(14-8-10-15(27-2)11-9-14)29(25,26)18-22-21-17(28-18)20-16(24)12-4-6-13(19)7-5-12/h4-11H,3H2,1-2H3,(H,20,21,24). The Balaban J connectivity index is 1.81. The zero-order valence-electron chi connectivity index (χ0n) is 15.5. The third-order valence-corrected chi connectivity index (χ3v) is 6.98. The summed E-state index contributed by atoms with van der Waals surface area (Å²) in [5.41, 5.74) is 0.653. The molecule has 152 valence electrons. The Hall–Kier alpha value is -3.05. The van der Waals surface area contributed by atoms with Gasteiger partial charge >= 0.3 is 0 Å². The van der Waals surface area contributed by atoms with Crippen molar-refractivity contribution in [1.82, 2.24) is 10.2 Å². The molecule has 3 rings (SSSR count). The summed E-state index contributed by atoms with van der Waals surface area (Å²) in [7, 11) is -2.45. The average Bonchev–Trinajstić information content (AvgIpc) is 3.19. The first-order chi connectivity index (χ1) is 13.8. The summed E-state index contributed by atoms with van der Waals surface area (Å²) in [5.74, 6) is -0.416. The number of hydrogen-bond acceptors (Lipinski definition) is 7. The average molecular weight is 436 g/mol. The number of methoxy groups -OCH3 is 1. The Morgan fingerprint density at radius 3 is 2.38 bits per heavy atom. The molecule has 1 aromatic heterocycles. The zero-order chi connectivity index (χ0) is 21.0. The highest BCUT2D eigenvalue weighted by Gasteiger charge is 2.28. The van der Waals surface area contributed by atoms with Crippen LogP contribution in [0.4, 0.5) is 15.2 Å². The molecular weight excluding hydrogens is 419 g/mol. The smallest absolute Gasteiger partial charge is 0.293 e. The Labute approximate surface area is 171 Å². The summed E-state index contributed by atoms with van der Waals surface area (Å²) in [6.07, 6.45) is 0. The molecule has 0 spiro atoms. The van der Waals surface area contributed by atoms with Gasteiger partial charge in [0.2, 0.25) is 5.13 Å². The highest BCUT2D eigenvalue weighted by atomic mass is 32.2. The lowest BCUT2D eigenvalue weighted by Crippen LogP contribution is -2.30. The van der Waals surface area contributed by atoms with Crippen molar-refractivity contribution in [1.29, 1.82) is 0 Å². The van der Waals surface area contributed by atoms with Gasteiger partial charge in [-0.3, -0.25) is 14.4 Å². The summed E-state index contributed by atoms with van der Waals surface area (Å²) in [6.45, 7) is 1.87. The molecule has 0 aliphatic rings. The molecule has 0 aliphatic carbocycles. The van der Waals surface area contributed by atoms with Gasteiger partial charge in [-0.2, -0.15) is 8.42 Å². The Kier molecular flexibility index (Phi) is 6.09. The molecule has 29 heavy (non-hydrogen) atoms. The van der Waals surface area contributed by atoms with Crippen LogP contribution in [0.1, 0.15) is 17.3 Å². The second kappa shape index (κ2) is 8.53. The number of nitrogens with zero attached hydrogens (tertiary/aromatic N) is 3. The van der Waals surface area contributed by atoms with Crippen molar-refractivity contribution in [3.05, 3.63) is 59.9 Å². The van der Waals surface area contributed by atoms with Gasteiger partial charge in [-0.25, -0.2) is 4.39 Å². The van der Waals surface area contributed by atoms with Crippen LogP contribution in [-0.2, 0) is 10.0 Å². The van der Waals surface area contributed by atoms with E-state index in [9.17, 15) is 17.6 Å². The highest BCUT2D eigenvalue weighted by molar-refractivity contribution is 7.94. The van der Waals surface area contributed by atoms with Gasteiger partial charge < -0.3 is 4.74 Å². The molecule has 8 nitrogen and oxygen atoms in total. The minimum atomic E-state index is -3.97. The maximum atomic E-state index is 13.0. The van der Waals surface area contributed by atoms with Crippen LogP contribution in [0.5, 0.6) is 5.75 Å². The fourth-order valence-electron chi connectivity index (χ4n) is 2.47. The normalized spacial score (nSPS) is 11.1. The fraction of sp³-hybridized carbons (Fsp3) is 0.167. The van der Waals surface area contributed by atoms with E-state index in [4.69, 9.17) is 4.74 Å². The van der Waals surface area contributed by atoms with E-state index >= 15 is 0 Å². The lowest BCUT2D eigenvalue weighted by Gasteiger charge is -2.21. The van der Waals surface area contributed by atoms with Crippen LogP contribution in [-0.4, -0.2) is 38.2 Å². The molecule has 0 saturated carbocycles. The van der Waals surface area contributed by atoms with Crippen molar-refractivity contribution < 1.29 is 22.3 Å². The van der Waals surface area contributed by atoms with E-state index in [1.165, 1.54) is 23.5 Å². The minimum absolute atomic E-state index is 0.0173. The second-order valence-corrected chi connectivity index (χ2v) is 8.72. The van der Waals surface area contributed by atoms with E-state index in [0.717, 1.165) is 23.5 Å². The minimum Gasteiger partial charge on any atom is -0.497 e. The highest BCUT2D eigenvalue weighted by Crippen LogP contribution is 2.28. The van der Waals surface area contributed by atoms with Gasteiger partial charge in [0.1, 0.15) is 11.6 Å². The van der Waals surface area contributed by atoms with E-state index in [-0.39, 0.29) is 21.6 Å². The molecular formula is C18H17FN4O4S2. The van der Waals surface area contributed by atoms with E-state index in [2.05, 4.69) is 15.5 Å². The Morgan fingerprint density at radius 1 is 1.14 bits per heavy atom. The summed E-state index contributed by atoms with van der Waals surface area (Å²) in [4.78, 5) is 12.2. The second-order valence-electron chi connectivity index (χ2n) is 5.70. The predicted molar refractivity (Wildman–Crippen MR) is 107 cm³/mol. The van der Waals surface area contributed by atoms with Crippen molar-refractivity contribution in [2.24, 2.45) is 0 Å². The van der Waals surface area contributed by atoms with Crippen LogP contribution >= 0.6 is 11.3 Å². The molecule has 0 bridgehead atoms. The SMILES string of the molecule is CCN(c1ccc(OC)cc1)S(=O)(=O)c1nnc(NC(=O)c2ccc(F)cc2)s1. The molecule has 3 aromatic rings. The number of anilines is 2. The Bertz CT molecular complexity index is 1100. The summed E-state index contributed by atoms with van der Waals surface area (Å²) in [6, 6.07) is 11.5. The largest absolute Gasteiger partial charge is 0.497 e. The number of hydrogen-bond donors (Lipinski definition) is 1. The molecule has 1 amide bonds. The number of carbonyl (C=O) groups excluding carboxylic acids is 1. The molecule has 0 radical (unpaired) electrons. The van der Waals surface area contributed by atoms with Gasteiger partial charge in [-0.05, 0) is 55.5 Å². The maximum absolute atomic E-state index is 13.0. The van der Waals surface area contributed by atoms with Crippen molar-refractivity contribution >= 4 is 38.1 Å². The quantitative estimate of drug-likeness (QED) is 0.571. The molecule has 0 atom stereocenters. The summed E-state index contributed by atoms with van der Waals surface area (Å²) < 4.78 is 44.9. The third-order valence-electron chi connectivity index (χ3n) is 3.89. The number of aromatic nitrogens is 2. The summed E-state index contributed by atoms with van der Waals surface area (Å²) in [5, 5.41) is 9.94. The number of amides is 1. The number of benzene rings is 2. The lowest BCUT2D eigenvalue weighted by molar-refractivity contribution is 0.102. The molecule has 1 N–H and O–H groups in total. The van der Waals surface area contributed by atoms with Crippen molar-refractivity contribution in [3.63, 3.8) is 0 Å². The summed E-state index contributed by atoms with van der Waals surface area (Å²) >= 11 is 0.729. The van der Waals surface area contributed by atoms with E-state index in [1.54, 1.807) is 31.2 Å². The van der Waals surface area contributed by atoms with Gasteiger partial charge in [0.25, 0.3) is 20.3 Å². The van der Waals surface area contributed by atoms with Crippen LogP contribution in [0.3, 0.4) is 0 Å². The molecule has 0 aliphatic heterocycles. The van der Waals surface area contributed by atoms with Gasteiger partial charge in [0, 0.05) is 12.1 Å². The van der Waals surface area contributed by atoms with Crippen LogP contribution in [0.2, 0.25) is 0 Å². The van der Waals surface area contributed by atoms with Crippen LogP contribution in [0.25, 0.3) is 0 Å². The fourth-order valence-corrected chi connectivity index (χ4v) is 4.94. The number of nitrogens with one attached hydrogen (secondary N) is 1. The lowest BCUT2D eigenvalue weighted by atomic mass is 10.2. The van der Waals surface area contributed by atoms with Gasteiger partial charge in [-0.15, -0.1) is 10.2 Å². The number of halogens is 1. The predicted octanol–water partition coefficient (Wildman–Crippen LogP) is 3.15. The number of ether oxygens (including phenoxy) is 1. The molecule has 11 heteroatoms. The zero-order valence-corrected chi connectivity index (χ0v) is 17.1. The first-order valence-corrected chi connectivity index (χ1v) is 10.7. The van der Waals surface area contributed by atoms with E-state index < -0.39 is 21.7 Å². The monoisotopic (exact) mass is 436 g/mol.